The molecule has 9 unspecified atom stereocenters. The number of aliphatic carboxylic acids is 1. The molecule has 26 heteroatoms. The second kappa shape index (κ2) is 15.5. The van der Waals surface area contributed by atoms with Crippen LogP contribution in [0.4, 0.5) is 0 Å². The van der Waals surface area contributed by atoms with E-state index in [1.54, 1.807) is 0 Å². The maximum absolute atomic E-state index is 11.5. The molecule has 0 aliphatic carbocycles. The summed E-state index contributed by atoms with van der Waals surface area (Å²) >= 11 is 0. The average molecular weight is 751 g/mol. The molecule has 274 valence electrons. The third-order valence-corrected chi connectivity index (χ3v) is 8.64. The predicted octanol–water partition coefficient (Wildman–Crippen LogP) is -4.25. The first-order valence-corrected chi connectivity index (χ1v) is 17.4. The van der Waals surface area contributed by atoms with Crippen LogP contribution in [0.5, 0.6) is 0 Å². The molecule has 3 aliphatic rings. The standard InChI is InChI=1S/C21H34O23S3/c1-7-9(4-37-20-15(24)11(22)3-12(42-20)19(26)27)10(14(23)13(40-7)6-39-45(28,29)30)5-38-21-18(44-47(34,35)36)16(25)17(8(2)41-21)43-46(31,32)33/h3,7-11,13-18,20-25H,4-6H2,1-2H3,(H,26,27)(H,28,29,30)(H,31,32,33)(H,34,35,36)/t7?,8?,9?,10?,11?,13?,14-,15?,16?,17+,18?,20+,21+/m0/s1. The van der Waals surface area contributed by atoms with Crippen LogP contribution in [0, 0.1) is 11.8 Å². The molecule has 3 aliphatic heterocycles. The SMILES string of the molecule is CC1OC(COS(=O)(=O)O)[C@@H](O)C(CO[C@@H]2OC(C)[C@@H](OS(=O)(=O)O)C(O)C2OS(=O)(=O)O)C1CO[C@@H]1OC(C(=O)O)=CC(O)C1O. The first-order chi connectivity index (χ1) is 21.5. The van der Waals surface area contributed by atoms with Crippen LogP contribution in [0.25, 0.3) is 0 Å². The van der Waals surface area contributed by atoms with Crippen molar-refractivity contribution in [1.82, 2.24) is 0 Å². The van der Waals surface area contributed by atoms with Crippen LogP contribution in [0.15, 0.2) is 11.8 Å². The van der Waals surface area contributed by atoms with Gasteiger partial charge in [-0.05, 0) is 19.9 Å². The zero-order valence-electron chi connectivity index (χ0n) is 24.1. The lowest BCUT2D eigenvalue weighted by Crippen LogP contribution is -2.61. The summed E-state index contributed by atoms with van der Waals surface area (Å²) in [5.74, 6) is -4.69. The van der Waals surface area contributed by atoms with E-state index in [9.17, 15) is 60.1 Å². The van der Waals surface area contributed by atoms with Gasteiger partial charge in [-0.15, -0.1) is 0 Å². The molecule has 0 bridgehead atoms. The summed E-state index contributed by atoms with van der Waals surface area (Å²) in [6.07, 6.45) is -18.8. The zero-order valence-corrected chi connectivity index (χ0v) is 26.6. The van der Waals surface area contributed by atoms with Crippen LogP contribution in [0.1, 0.15) is 13.8 Å². The first kappa shape index (κ1) is 39.7. The molecule has 0 aromatic carbocycles. The summed E-state index contributed by atoms with van der Waals surface area (Å²) in [4.78, 5) is 11.3. The highest BCUT2D eigenvalue weighted by Gasteiger charge is 2.51. The van der Waals surface area contributed by atoms with Gasteiger partial charge in [0, 0.05) is 11.8 Å². The summed E-state index contributed by atoms with van der Waals surface area (Å²) in [7, 11) is -15.7. The molecule has 0 spiro atoms. The fraction of sp³-hybridized carbons (Fsp3) is 0.857. The quantitative estimate of drug-likeness (QED) is 0.0779. The Hall–Kier alpha value is -1.70. The van der Waals surface area contributed by atoms with Gasteiger partial charge in [-0.1, -0.05) is 0 Å². The van der Waals surface area contributed by atoms with E-state index in [4.69, 9.17) is 32.8 Å². The van der Waals surface area contributed by atoms with Crippen LogP contribution in [-0.2, 0) is 72.2 Å². The summed E-state index contributed by atoms with van der Waals surface area (Å²) in [5.41, 5.74) is 0. The Bertz CT molecular complexity index is 1450. The third kappa shape index (κ3) is 11.2. The van der Waals surface area contributed by atoms with Crippen molar-refractivity contribution in [3.63, 3.8) is 0 Å². The normalized spacial score (nSPS) is 38.7. The lowest BCUT2D eigenvalue weighted by molar-refractivity contribution is -0.296. The molecule has 3 rings (SSSR count). The van der Waals surface area contributed by atoms with Crippen LogP contribution in [-0.4, -0.2) is 158 Å². The molecule has 2 saturated heterocycles. The van der Waals surface area contributed by atoms with E-state index in [-0.39, 0.29) is 0 Å². The second-order valence-corrected chi connectivity index (χ2v) is 13.7. The number of ether oxygens (including phenoxy) is 5. The van der Waals surface area contributed by atoms with Gasteiger partial charge in [0.1, 0.15) is 30.5 Å². The largest absolute Gasteiger partial charge is 0.475 e. The van der Waals surface area contributed by atoms with Crippen molar-refractivity contribution in [3.8, 4) is 0 Å². The fourth-order valence-electron chi connectivity index (χ4n) is 5.07. The van der Waals surface area contributed by atoms with Crippen LogP contribution in [0.2, 0.25) is 0 Å². The predicted molar refractivity (Wildman–Crippen MR) is 143 cm³/mol. The monoisotopic (exact) mass is 750 g/mol. The lowest BCUT2D eigenvalue weighted by Gasteiger charge is -2.46. The molecule has 8 N–H and O–H groups in total. The molecule has 13 atom stereocenters. The maximum Gasteiger partial charge on any atom is 0.397 e. The number of rotatable bonds is 14. The Morgan fingerprint density at radius 3 is 1.83 bits per heavy atom. The average Bonchev–Trinajstić information content (AvgIpc) is 2.92. The zero-order chi connectivity index (χ0) is 35.6. The number of hydrogen-bond acceptors (Lipinski definition) is 19. The molecular formula is C21H34O23S3. The van der Waals surface area contributed by atoms with Crippen molar-refractivity contribution < 1.29 is 105 Å². The molecule has 23 nitrogen and oxygen atoms in total. The van der Waals surface area contributed by atoms with Gasteiger partial charge in [0.15, 0.2) is 12.4 Å². The smallest absolute Gasteiger partial charge is 0.397 e. The molecule has 0 aromatic rings. The van der Waals surface area contributed by atoms with Gasteiger partial charge in [-0.2, -0.15) is 25.3 Å². The third-order valence-electron chi connectivity index (χ3n) is 7.27. The minimum atomic E-state index is -5.40. The minimum absolute atomic E-state index is 0.556. The van der Waals surface area contributed by atoms with Crippen molar-refractivity contribution in [2.75, 3.05) is 19.8 Å². The number of carboxylic acids is 1. The molecule has 3 heterocycles. The number of aliphatic hydroxyl groups excluding tert-OH is 4. The summed E-state index contributed by atoms with van der Waals surface area (Å²) in [6.45, 7) is 0.290. The van der Waals surface area contributed by atoms with E-state index in [1.165, 1.54) is 6.92 Å². The van der Waals surface area contributed by atoms with Gasteiger partial charge in [-0.25, -0.2) is 17.3 Å². The van der Waals surface area contributed by atoms with Crippen molar-refractivity contribution in [3.05, 3.63) is 11.8 Å². The van der Waals surface area contributed by atoms with Gasteiger partial charge >= 0.3 is 37.2 Å². The first-order valence-electron chi connectivity index (χ1n) is 13.3. The van der Waals surface area contributed by atoms with E-state index in [0.717, 1.165) is 13.0 Å². The molecule has 0 saturated carbocycles. The molecule has 0 aromatic heterocycles. The van der Waals surface area contributed by atoms with Gasteiger partial charge in [0.25, 0.3) is 0 Å². The Kier molecular flexibility index (Phi) is 13.1. The highest BCUT2D eigenvalue weighted by Crippen LogP contribution is 2.35. The summed E-state index contributed by atoms with van der Waals surface area (Å²) in [5, 5.41) is 51.2. The van der Waals surface area contributed by atoms with Gasteiger partial charge in [-0.3, -0.25) is 13.7 Å². The van der Waals surface area contributed by atoms with E-state index in [1.807, 2.05) is 0 Å². The van der Waals surface area contributed by atoms with Crippen molar-refractivity contribution >= 4 is 37.2 Å². The highest BCUT2D eigenvalue weighted by molar-refractivity contribution is 7.81. The molecule has 0 radical (unpaired) electrons. The summed E-state index contributed by atoms with van der Waals surface area (Å²) < 4.78 is 135. The molecule has 2 fully saturated rings. The summed E-state index contributed by atoms with van der Waals surface area (Å²) in [6, 6.07) is 0. The number of hydrogen-bond donors (Lipinski definition) is 8. The van der Waals surface area contributed by atoms with Crippen LogP contribution in [0.3, 0.4) is 0 Å². The van der Waals surface area contributed by atoms with Crippen LogP contribution < -0.4 is 0 Å². The Labute approximate surface area is 267 Å². The Morgan fingerprint density at radius 1 is 0.723 bits per heavy atom. The number of carboxylic acid groups (broad SMARTS) is 1. The topological polar surface area (TPSA) is 355 Å². The Balaban J connectivity index is 1.87. The van der Waals surface area contributed by atoms with Gasteiger partial charge in [0.05, 0.1) is 38.1 Å². The van der Waals surface area contributed by atoms with Crippen molar-refractivity contribution in [2.45, 2.75) is 81.4 Å². The molecule has 0 amide bonds. The number of aliphatic hydroxyl groups is 4. The van der Waals surface area contributed by atoms with E-state index in [2.05, 4.69) is 12.5 Å². The second-order valence-electron chi connectivity index (χ2n) is 10.6. The highest BCUT2D eigenvalue weighted by atomic mass is 32.3. The minimum Gasteiger partial charge on any atom is -0.475 e. The number of carbonyl (C=O) groups is 1. The van der Waals surface area contributed by atoms with E-state index < -0.39 is 142 Å². The van der Waals surface area contributed by atoms with Gasteiger partial charge < -0.3 is 49.2 Å². The van der Waals surface area contributed by atoms with Crippen molar-refractivity contribution in [1.29, 1.82) is 0 Å². The lowest BCUT2D eigenvalue weighted by atomic mass is 9.80. The molecule has 47 heavy (non-hydrogen) atoms. The fourth-order valence-corrected chi connectivity index (χ4v) is 6.41. The maximum atomic E-state index is 11.5. The molecular weight excluding hydrogens is 716 g/mol. The van der Waals surface area contributed by atoms with Crippen LogP contribution >= 0.6 is 0 Å². The van der Waals surface area contributed by atoms with E-state index >= 15 is 0 Å². The van der Waals surface area contributed by atoms with E-state index in [0.29, 0.717) is 0 Å². The Morgan fingerprint density at radius 2 is 1.28 bits per heavy atom. The van der Waals surface area contributed by atoms with Gasteiger partial charge in [0.2, 0.25) is 12.0 Å². The van der Waals surface area contributed by atoms with Crippen molar-refractivity contribution in [2.24, 2.45) is 11.8 Å².